The number of nitrogens with zero attached hydrogens (tertiary/aromatic N) is 1. The summed E-state index contributed by atoms with van der Waals surface area (Å²) in [6, 6.07) is 2.09. The molecule has 0 amide bonds. The smallest absolute Gasteiger partial charge is 0.168 e. The van der Waals surface area contributed by atoms with Crippen LogP contribution in [0.2, 0.25) is 0 Å². The van der Waals surface area contributed by atoms with Crippen molar-refractivity contribution in [3.05, 3.63) is 22.8 Å². The van der Waals surface area contributed by atoms with Gasteiger partial charge < -0.3 is 0 Å². The number of aromatic amines is 2. The molecule has 0 radical (unpaired) electrons. The maximum atomic E-state index is 4.10. The van der Waals surface area contributed by atoms with Gasteiger partial charge in [0.25, 0.3) is 0 Å². The van der Waals surface area contributed by atoms with Gasteiger partial charge in [0.1, 0.15) is 0 Å². The third-order valence-electron chi connectivity index (χ3n) is 2.50. The predicted octanol–water partition coefficient (Wildman–Crippen LogP) is 1.30. The molecule has 0 fully saturated rings. The fourth-order valence-electron chi connectivity index (χ4n) is 1.45. The molecular weight excluding hydrogens is 150 g/mol. The summed E-state index contributed by atoms with van der Waals surface area (Å²) in [6.45, 7) is 6.35. The van der Waals surface area contributed by atoms with Crippen LogP contribution in [-0.4, -0.2) is 10.3 Å². The number of fused-ring (bicyclic) bond motifs is 1. The highest BCUT2D eigenvalue weighted by atomic mass is 15.3. The van der Waals surface area contributed by atoms with Gasteiger partial charge in [0.15, 0.2) is 0 Å². The van der Waals surface area contributed by atoms with E-state index in [-0.39, 0.29) is 0 Å². The maximum Gasteiger partial charge on any atom is 0.249 e. The molecular formula is C9H12N3+. The number of H-pyrrole nitrogens is 2. The molecule has 0 unspecified atom stereocenters. The first kappa shape index (κ1) is 7.28. The normalized spacial score (nSPS) is 10.9. The molecule has 2 rings (SSSR count). The highest BCUT2D eigenvalue weighted by Gasteiger charge is 2.11. The van der Waals surface area contributed by atoms with Crippen LogP contribution in [0, 0.1) is 20.8 Å². The first-order valence-electron chi connectivity index (χ1n) is 4.02. The van der Waals surface area contributed by atoms with Crippen LogP contribution in [0.25, 0.3) is 11.0 Å². The average molecular weight is 162 g/mol. The summed E-state index contributed by atoms with van der Waals surface area (Å²) in [5.74, 6) is 0. The Bertz CT molecular complexity index is 429. The number of aryl methyl sites for hydroxylation is 2. The summed E-state index contributed by atoms with van der Waals surface area (Å²) in [4.78, 5) is 0. The van der Waals surface area contributed by atoms with Crippen LogP contribution in [0.4, 0.5) is 0 Å². The predicted molar refractivity (Wildman–Crippen MR) is 46.9 cm³/mol. The molecule has 0 saturated carbocycles. The van der Waals surface area contributed by atoms with Gasteiger partial charge in [-0.25, -0.2) is 0 Å². The van der Waals surface area contributed by atoms with Gasteiger partial charge in [0.2, 0.25) is 11.0 Å². The van der Waals surface area contributed by atoms with E-state index < -0.39 is 0 Å². The molecule has 3 nitrogen and oxygen atoms in total. The van der Waals surface area contributed by atoms with Crippen LogP contribution in [0.15, 0.2) is 6.07 Å². The molecule has 0 bridgehead atoms. The van der Waals surface area contributed by atoms with E-state index in [0.29, 0.717) is 0 Å². The molecule has 0 aliphatic heterocycles. The fourth-order valence-corrected chi connectivity index (χ4v) is 1.45. The lowest BCUT2D eigenvalue weighted by molar-refractivity contribution is -0.427. The van der Waals surface area contributed by atoms with Gasteiger partial charge in [-0.2, -0.15) is 5.10 Å². The number of hydrogen-bond donors (Lipinski definition) is 1. The molecule has 0 spiro atoms. The molecule has 2 aromatic rings. The fraction of sp³-hybridized carbons (Fsp3) is 0.333. The molecule has 1 aromatic heterocycles. The second kappa shape index (κ2) is 2.30. The zero-order valence-electron chi connectivity index (χ0n) is 7.52. The van der Waals surface area contributed by atoms with E-state index in [9.17, 15) is 0 Å². The zero-order chi connectivity index (χ0) is 8.72. The van der Waals surface area contributed by atoms with E-state index >= 15 is 0 Å². The molecule has 0 aliphatic rings. The Balaban J connectivity index is 2.94. The van der Waals surface area contributed by atoms with Crippen molar-refractivity contribution < 1.29 is 5.10 Å². The van der Waals surface area contributed by atoms with E-state index in [0.717, 1.165) is 11.0 Å². The van der Waals surface area contributed by atoms with E-state index in [1.165, 1.54) is 16.7 Å². The molecule has 0 aliphatic carbocycles. The molecule has 1 aromatic carbocycles. The minimum absolute atomic E-state index is 1.01. The molecule has 1 heterocycles. The first-order chi connectivity index (χ1) is 5.70. The Morgan fingerprint density at radius 1 is 1.25 bits per heavy atom. The summed E-state index contributed by atoms with van der Waals surface area (Å²) in [5, 5.41) is 9.88. The Morgan fingerprint density at radius 3 is 2.75 bits per heavy atom. The number of benzene rings is 1. The minimum atomic E-state index is 1.01. The van der Waals surface area contributed by atoms with Gasteiger partial charge in [0.05, 0.1) is 0 Å². The summed E-state index contributed by atoms with van der Waals surface area (Å²) in [6.07, 6.45) is 0. The lowest BCUT2D eigenvalue weighted by Crippen LogP contribution is -2.04. The lowest BCUT2D eigenvalue weighted by Gasteiger charge is -2.00. The Hall–Kier alpha value is -1.38. The topological polar surface area (TPSA) is 42.8 Å². The molecule has 62 valence electrons. The summed E-state index contributed by atoms with van der Waals surface area (Å²) in [5.41, 5.74) is 6.02. The van der Waals surface area contributed by atoms with Crippen LogP contribution < -0.4 is 5.10 Å². The van der Waals surface area contributed by atoms with Crippen molar-refractivity contribution in [1.29, 1.82) is 0 Å². The number of aromatic nitrogens is 3. The van der Waals surface area contributed by atoms with E-state index in [1.807, 2.05) is 0 Å². The summed E-state index contributed by atoms with van der Waals surface area (Å²) >= 11 is 0. The second-order valence-electron chi connectivity index (χ2n) is 3.19. The lowest BCUT2D eigenvalue weighted by atomic mass is 10.0. The average Bonchev–Trinajstić information content (AvgIpc) is 2.48. The highest BCUT2D eigenvalue weighted by Crippen LogP contribution is 2.18. The van der Waals surface area contributed by atoms with Crippen molar-refractivity contribution in [1.82, 2.24) is 10.3 Å². The van der Waals surface area contributed by atoms with Gasteiger partial charge in [-0.15, -0.1) is 0 Å². The third kappa shape index (κ3) is 0.826. The quantitative estimate of drug-likeness (QED) is 0.623. The molecule has 3 heteroatoms. The van der Waals surface area contributed by atoms with Crippen molar-refractivity contribution in [2.24, 2.45) is 0 Å². The summed E-state index contributed by atoms with van der Waals surface area (Å²) in [7, 11) is 0. The van der Waals surface area contributed by atoms with Crippen LogP contribution in [-0.2, 0) is 0 Å². The largest absolute Gasteiger partial charge is 0.249 e. The Morgan fingerprint density at radius 2 is 2.00 bits per heavy atom. The van der Waals surface area contributed by atoms with Crippen LogP contribution in [0.3, 0.4) is 0 Å². The minimum Gasteiger partial charge on any atom is -0.168 e. The maximum absolute atomic E-state index is 4.10. The van der Waals surface area contributed by atoms with Crippen molar-refractivity contribution in [3.63, 3.8) is 0 Å². The standard InChI is InChI=1S/C9H11N3/c1-5-4-8-9(11-12-10-8)7(3)6(5)2/h4H,1-3H3,(H,10,11,12)/p+1. The van der Waals surface area contributed by atoms with E-state index in [2.05, 4.69) is 42.2 Å². The summed E-state index contributed by atoms with van der Waals surface area (Å²) < 4.78 is 0. The van der Waals surface area contributed by atoms with Crippen LogP contribution in [0.1, 0.15) is 16.7 Å². The number of rotatable bonds is 0. The SMILES string of the molecule is Cc1cc2n[nH][nH+]c2c(C)c1C. The zero-order valence-corrected chi connectivity index (χ0v) is 7.52. The number of hydrogen-bond acceptors (Lipinski definition) is 1. The molecule has 0 saturated heterocycles. The van der Waals surface area contributed by atoms with Gasteiger partial charge in [0, 0.05) is 10.7 Å². The number of nitrogens with one attached hydrogen (secondary N) is 2. The van der Waals surface area contributed by atoms with Gasteiger partial charge in [-0.05, 0) is 38.0 Å². The second-order valence-corrected chi connectivity index (χ2v) is 3.19. The highest BCUT2D eigenvalue weighted by molar-refractivity contribution is 5.76. The van der Waals surface area contributed by atoms with Crippen molar-refractivity contribution in [3.8, 4) is 0 Å². The van der Waals surface area contributed by atoms with Crippen LogP contribution in [0.5, 0.6) is 0 Å². The van der Waals surface area contributed by atoms with Gasteiger partial charge >= 0.3 is 0 Å². The Kier molecular flexibility index (Phi) is 1.40. The van der Waals surface area contributed by atoms with Crippen molar-refractivity contribution in [2.45, 2.75) is 20.8 Å². The molecule has 2 N–H and O–H groups in total. The third-order valence-corrected chi connectivity index (χ3v) is 2.50. The van der Waals surface area contributed by atoms with Crippen LogP contribution >= 0.6 is 0 Å². The molecule has 12 heavy (non-hydrogen) atoms. The van der Waals surface area contributed by atoms with E-state index in [1.54, 1.807) is 0 Å². The van der Waals surface area contributed by atoms with E-state index in [4.69, 9.17) is 0 Å². The molecule has 0 atom stereocenters. The van der Waals surface area contributed by atoms with Crippen molar-refractivity contribution in [2.75, 3.05) is 0 Å². The van der Waals surface area contributed by atoms with Gasteiger partial charge in [-0.1, -0.05) is 5.21 Å². The van der Waals surface area contributed by atoms with Gasteiger partial charge in [-0.3, -0.25) is 0 Å². The monoisotopic (exact) mass is 162 g/mol. The van der Waals surface area contributed by atoms with Crippen molar-refractivity contribution >= 4 is 11.0 Å². The Labute approximate surface area is 70.8 Å². The first-order valence-corrected chi connectivity index (χ1v) is 4.02.